The minimum absolute atomic E-state index is 0.336. The summed E-state index contributed by atoms with van der Waals surface area (Å²) in [5.74, 6) is 2.07. The SMILES string of the molecule is CCOc1ccccc1/C=N/NC(=O)c1ccc(OCCC(C)C)c(OC)c1. The van der Waals surface area contributed by atoms with E-state index in [0.717, 1.165) is 12.0 Å². The molecule has 28 heavy (non-hydrogen) atoms. The van der Waals surface area contributed by atoms with Crippen LogP contribution in [0.2, 0.25) is 0 Å². The highest BCUT2D eigenvalue weighted by Crippen LogP contribution is 2.28. The molecule has 0 atom stereocenters. The molecule has 0 aliphatic rings. The topological polar surface area (TPSA) is 69.2 Å². The van der Waals surface area contributed by atoms with Crippen molar-refractivity contribution in [2.45, 2.75) is 27.2 Å². The Balaban J connectivity index is 2.02. The monoisotopic (exact) mass is 384 g/mol. The lowest BCUT2D eigenvalue weighted by molar-refractivity contribution is 0.0954. The van der Waals surface area contributed by atoms with Crippen molar-refractivity contribution < 1.29 is 19.0 Å². The van der Waals surface area contributed by atoms with Crippen LogP contribution in [0.3, 0.4) is 0 Å². The number of rotatable bonds is 10. The normalized spacial score (nSPS) is 10.9. The summed E-state index contributed by atoms with van der Waals surface area (Å²) in [6.45, 7) is 7.35. The van der Waals surface area contributed by atoms with E-state index in [1.165, 1.54) is 0 Å². The third-order valence-corrected chi connectivity index (χ3v) is 3.97. The number of hydrogen-bond acceptors (Lipinski definition) is 5. The molecule has 0 unspecified atom stereocenters. The summed E-state index contributed by atoms with van der Waals surface area (Å²) in [6, 6.07) is 12.6. The number of amides is 1. The predicted octanol–water partition coefficient (Wildman–Crippen LogP) is 4.28. The second-order valence-electron chi connectivity index (χ2n) is 6.57. The third-order valence-electron chi connectivity index (χ3n) is 3.97. The van der Waals surface area contributed by atoms with Crippen LogP contribution < -0.4 is 19.6 Å². The fraction of sp³-hybridized carbons (Fsp3) is 0.364. The summed E-state index contributed by atoms with van der Waals surface area (Å²) in [4.78, 5) is 12.4. The number of hydrazone groups is 1. The van der Waals surface area contributed by atoms with Gasteiger partial charge in [-0.05, 0) is 49.6 Å². The second-order valence-corrected chi connectivity index (χ2v) is 6.57. The largest absolute Gasteiger partial charge is 0.493 e. The highest BCUT2D eigenvalue weighted by atomic mass is 16.5. The number of hydrogen-bond donors (Lipinski definition) is 1. The predicted molar refractivity (Wildman–Crippen MR) is 111 cm³/mol. The van der Waals surface area contributed by atoms with Crippen molar-refractivity contribution >= 4 is 12.1 Å². The van der Waals surface area contributed by atoms with Crippen molar-refractivity contribution in [2.75, 3.05) is 20.3 Å². The minimum Gasteiger partial charge on any atom is -0.493 e. The molecule has 0 aromatic heterocycles. The van der Waals surface area contributed by atoms with Crippen molar-refractivity contribution in [3.05, 3.63) is 53.6 Å². The molecule has 0 spiro atoms. The number of ether oxygens (including phenoxy) is 3. The molecule has 0 aliphatic heterocycles. The Labute approximate surface area is 166 Å². The maximum absolute atomic E-state index is 12.4. The molecular formula is C22H28N2O4. The molecule has 2 aromatic carbocycles. The van der Waals surface area contributed by atoms with Gasteiger partial charge in [0.1, 0.15) is 5.75 Å². The first kappa shape index (κ1) is 21.3. The molecule has 0 saturated heterocycles. The molecule has 0 heterocycles. The Morgan fingerprint density at radius 2 is 1.89 bits per heavy atom. The van der Waals surface area contributed by atoms with Gasteiger partial charge >= 0.3 is 0 Å². The molecule has 2 rings (SSSR count). The molecule has 2 aromatic rings. The first-order chi connectivity index (χ1) is 13.5. The molecule has 6 nitrogen and oxygen atoms in total. The molecule has 1 N–H and O–H groups in total. The van der Waals surface area contributed by atoms with Crippen LogP contribution in [0.4, 0.5) is 0 Å². The van der Waals surface area contributed by atoms with E-state index in [1.807, 2.05) is 31.2 Å². The fourth-order valence-corrected chi connectivity index (χ4v) is 2.43. The van der Waals surface area contributed by atoms with Gasteiger partial charge in [-0.3, -0.25) is 4.79 Å². The van der Waals surface area contributed by atoms with Gasteiger partial charge in [-0.15, -0.1) is 0 Å². The molecule has 0 fully saturated rings. The Morgan fingerprint density at radius 1 is 1.11 bits per heavy atom. The zero-order valence-electron chi connectivity index (χ0n) is 16.9. The second kappa shape index (κ2) is 11.0. The Kier molecular flexibility index (Phi) is 8.34. The number of para-hydroxylation sites is 1. The van der Waals surface area contributed by atoms with Crippen molar-refractivity contribution in [3.8, 4) is 17.2 Å². The maximum atomic E-state index is 12.4. The molecule has 6 heteroatoms. The van der Waals surface area contributed by atoms with Crippen molar-refractivity contribution in [1.29, 1.82) is 0 Å². The van der Waals surface area contributed by atoms with Crippen LogP contribution in [0, 0.1) is 5.92 Å². The van der Waals surface area contributed by atoms with Crippen LogP contribution in [-0.2, 0) is 0 Å². The van der Waals surface area contributed by atoms with Crippen LogP contribution in [0.25, 0.3) is 0 Å². The summed E-state index contributed by atoms with van der Waals surface area (Å²) >= 11 is 0. The Morgan fingerprint density at radius 3 is 2.61 bits per heavy atom. The van der Waals surface area contributed by atoms with E-state index < -0.39 is 0 Å². The van der Waals surface area contributed by atoms with Gasteiger partial charge in [0, 0.05) is 11.1 Å². The molecule has 1 amide bonds. The van der Waals surface area contributed by atoms with Gasteiger partial charge in [0.05, 0.1) is 26.5 Å². The number of carbonyl (C=O) groups is 1. The lowest BCUT2D eigenvalue weighted by Crippen LogP contribution is -2.17. The van der Waals surface area contributed by atoms with Crippen molar-refractivity contribution in [2.24, 2.45) is 11.0 Å². The van der Waals surface area contributed by atoms with Gasteiger partial charge in [-0.2, -0.15) is 5.10 Å². The van der Waals surface area contributed by atoms with Gasteiger partial charge in [-0.1, -0.05) is 26.0 Å². The first-order valence-electron chi connectivity index (χ1n) is 9.41. The van der Waals surface area contributed by atoms with Gasteiger partial charge < -0.3 is 14.2 Å². The molecule has 150 valence electrons. The zero-order valence-corrected chi connectivity index (χ0v) is 16.9. The van der Waals surface area contributed by atoms with Gasteiger partial charge in [0.25, 0.3) is 5.91 Å². The first-order valence-corrected chi connectivity index (χ1v) is 9.41. The Bertz CT molecular complexity index is 803. The quantitative estimate of drug-likeness (QED) is 0.490. The standard InChI is InChI=1S/C22H28N2O4/c1-5-27-19-9-7-6-8-18(19)15-23-24-22(25)17-10-11-20(21(14-17)26-4)28-13-12-16(2)3/h6-11,14-16H,5,12-13H2,1-4H3,(H,24,25)/b23-15+. The van der Waals surface area contributed by atoms with Crippen LogP contribution in [0.1, 0.15) is 43.1 Å². The van der Waals surface area contributed by atoms with E-state index in [0.29, 0.717) is 41.9 Å². The smallest absolute Gasteiger partial charge is 0.271 e. The molecule has 0 bridgehead atoms. The molecular weight excluding hydrogens is 356 g/mol. The average Bonchev–Trinajstić information content (AvgIpc) is 2.69. The van der Waals surface area contributed by atoms with E-state index in [9.17, 15) is 4.79 Å². The molecule has 0 saturated carbocycles. The number of methoxy groups -OCH3 is 1. The van der Waals surface area contributed by atoms with Crippen molar-refractivity contribution in [1.82, 2.24) is 5.43 Å². The number of nitrogens with one attached hydrogen (secondary N) is 1. The van der Waals surface area contributed by atoms with E-state index in [4.69, 9.17) is 14.2 Å². The third kappa shape index (κ3) is 6.30. The van der Waals surface area contributed by atoms with Crippen molar-refractivity contribution in [3.63, 3.8) is 0 Å². The van der Waals surface area contributed by atoms with Crippen LogP contribution in [0.15, 0.2) is 47.6 Å². The summed E-state index contributed by atoms with van der Waals surface area (Å²) in [6.07, 6.45) is 2.51. The molecule has 0 aliphatic carbocycles. The van der Waals surface area contributed by atoms with Gasteiger partial charge in [0.2, 0.25) is 0 Å². The van der Waals surface area contributed by atoms with Crippen LogP contribution in [-0.4, -0.2) is 32.4 Å². The minimum atomic E-state index is -0.336. The zero-order chi connectivity index (χ0) is 20.4. The summed E-state index contributed by atoms with van der Waals surface area (Å²) < 4.78 is 16.6. The lowest BCUT2D eigenvalue weighted by Gasteiger charge is -2.12. The van der Waals surface area contributed by atoms with E-state index in [1.54, 1.807) is 31.5 Å². The van der Waals surface area contributed by atoms with Gasteiger partial charge in [0.15, 0.2) is 11.5 Å². The summed E-state index contributed by atoms with van der Waals surface area (Å²) in [5, 5.41) is 4.03. The highest BCUT2D eigenvalue weighted by molar-refractivity contribution is 5.95. The number of benzene rings is 2. The average molecular weight is 384 g/mol. The van der Waals surface area contributed by atoms with E-state index >= 15 is 0 Å². The lowest BCUT2D eigenvalue weighted by atomic mass is 10.1. The van der Waals surface area contributed by atoms with Crippen LogP contribution in [0.5, 0.6) is 17.2 Å². The highest BCUT2D eigenvalue weighted by Gasteiger charge is 2.11. The summed E-state index contributed by atoms with van der Waals surface area (Å²) in [5.41, 5.74) is 3.75. The number of carbonyl (C=O) groups excluding carboxylic acids is 1. The maximum Gasteiger partial charge on any atom is 0.271 e. The van der Waals surface area contributed by atoms with E-state index in [2.05, 4.69) is 24.4 Å². The molecule has 0 radical (unpaired) electrons. The number of nitrogens with zero attached hydrogens (tertiary/aromatic N) is 1. The fourth-order valence-electron chi connectivity index (χ4n) is 2.43. The van der Waals surface area contributed by atoms with Crippen LogP contribution >= 0.6 is 0 Å². The summed E-state index contributed by atoms with van der Waals surface area (Å²) in [7, 11) is 1.55. The van der Waals surface area contributed by atoms with E-state index in [-0.39, 0.29) is 5.91 Å². The van der Waals surface area contributed by atoms with Gasteiger partial charge in [-0.25, -0.2) is 5.43 Å². The Hall–Kier alpha value is -3.02.